The minimum atomic E-state index is 0.696. The van der Waals surface area contributed by atoms with Crippen molar-refractivity contribution in [2.45, 2.75) is 19.5 Å². The molecule has 0 aliphatic heterocycles. The third-order valence-corrected chi connectivity index (χ3v) is 4.24. The summed E-state index contributed by atoms with van der Waals surface area (Å²) in [5, 5.41) is 0. The van der Waals surface area contributed by atoms with Crippen LogP contribution < -0.4 is 5.73 Å². The number of benzene rings is 1. The smallest absolute Gasteiger partial charge is 0.0931 e. The molecular formula is C15H19ClN2S. The van der Waals surface area contributed by atoms with Crippen LogP contribution in [0.3, 0.4) is 0 Å². The third kappa shape index (κ3) is 4.32. The van der Waals surface area contributed by atoms with E-state index < -0.39 is 0 Å². The van der Waals surface area contributed by atoms with Crippen LogP contribution in [0.25, 0.3) is 0 Å². The number of thiophene rings is 1. The minimum Gasteiger partial charge on any atom is -0.330 e. The van der Waals surface area contributed by atoms with Crippen LogP contribution in [0.2, 0.25) is 4.34 Å². The van der Waals surface area contributed by atoms with Crippen LogP contribution in [-0.4, -0.2) is 18.5 Å². The van der Waals surface area contributed by atoms with Gasteiger partial charge in [0.1, 0.15) is 0 Å². The topological polar surface area (TPSA) is 29.3 Å². The molecule has 0 aliphatic rings. The Kier molecular flexibility index (Phi) is 5.40. The molecule has 0 saturated carbocycles. The van der Waals surface area contributed by atoms with Gasteiger partial charge in [-0.1, -0.05) is 35.9 Å². The van der Waals surface area contributed by atoms with Gasteiger partial charge in [-0.15, -0.1) is 11.3 Å². The zero-order chi connectivity index (χ0) is 13.7. The Hall–Kier alpha value is -0.870. The van der Waals surface area contributed by atoms with Gasteiger partial charge in [-0.3, -0.25) is 4.90 Å². The summed E-state index contributed by atoms with van der Waals surface area (Å²) in [7, 11) is 2.13. The second-order valence-corrected chi connectivity index (χ2v) is 6.49. The highest BCUT2D eigenvalue weighted by atomic mass is 35.5. The van der Waals surface area contributed by atoms with E-state index in [1.54, 1.807) is 11.3 Å². The van der Waals surface area contributed by atoms with Gasteiger partial charge in [0.05, 0.1) is 4.34 Å². The molecule has 2 nitrogen and oxygen atoms in total. The monoisotopic (exact) mass is 294 g/mol. The molecule has 19 heavy (non-hydrogen) atoms. The number of hydrogen-bond donors (Lipinski definition) is 1. The maximum atomic E-state index is 5.96. The van der Waals surface area contributed by atoms with E-state index in [0.717, 1.165) is 23.8 Å². The molecule has 0 radical (unpaired) electrons. The lowest BCUT2D eigenvalue weighted by Gasteiger charge is -2.18. The van der Waals surface area contributed by atoms with E-state index in [1.807, 2.05) is 6.07 Å². The SMILES string of the molecule is CN(Cc1ccc(Cl)s1)Cc1ccccc1CCN. The Morgan fingerprint density at radius 2 is 1.84 bits per heavy atom. The number of halogens is 1. The van der Waals surface area contributed by atoms with Crippen molar-refractivity contribution in [3.8, 4) is 0 Å². The molecule has 102 valence electrons. The summed E-state index contributed by atoms with van der Waals surface area (Å²) < 4.78 is 0.854. The molecule has 0 atom stereocenters. The molecule has 1 heterocycles. The molecule has 0 unspecified atom stereocenters. The zero-order valence-corrected chi connectivity index (χ0v) is 12.7. The summed E-state index contributed by atoms with van der Waals surface area (Å²) in [4.78, 5) is 3.60. The molecule has 0 bridgehead atoms. The highest BCUT2D eigenvalue weighted by Crippen LogP contribution is 2.23. The van der Waals surface area contributed by atoms with Crippen LogP contribution >= 0.6 is 22.9 Å². The van der Waals surface area contributed by atoms with E-state index in [2.05, 4.69) is 42.3 Å². The van der Waals surface area contributed by atoms with Gasteiger partial charge in [0.2, 0.25) is 0 Å². The molecule has 0 aliphatic carbocycles. The fourth-order valence-corrected chi connectivity index (χ4v) is 3.33. The van der Waals surface area contributed by atoms with Gasteiger partial charge in [-0.05, 0) is 43.3 Å². The maximum Gasteiger partial charge on any atom is 0.0931 e. The van der Waals surface area contributed by atoms with Gasteiger partial charge >= 0.3 is 0 Å². The molecule has 0 amide bonds. The third-order valence-electron chi connectivity index (χ3n) is 3.03. The van der Waals surface area contributed by atoms with Crippen molar-refractivity contribution in [1.29, 1.82) is 0 Å². The fourth-order valence-electron chi connectivity index (χ4n) is 2.16. The van der Waals surface area contributed by atoms with E-state index in [4.69, 9.17) is 17.3 Å². The number of hydrogen-bond acceptors (Lipinski definition) is 3. The quantitative estimate of drug-likeness (QED) is 0.883. The predicted molar refractivity (Wildman–Crippen MR) is 83.7 cm³/mol. The summed E-state index contributed by atoms with van der Waals surface area (Å²) in [5.74, 6) is 0. The summed E-state index contributed by atoms with van der Waals surface area (Å²) in [6, 6.07) is 12.6. The Labute approximate surface area is 123 Å². The van der Waals surface area contributed by atoms with Crippen LogP contribution in [0.4, 0.5) is 0 Å². The fraction of sp³-hybridized carbons (Fsp3) is 0.333. The standard InChI is InChI=1S/C15H19ClN2S/c1-18(11-14-6-7-15(16)19-14)10-13-5-3-2-4-12(13)8-9-17/h2-7H,8-11,17H2,1H3. The van der Waals surface area contributed by atoms with E-state index in [9.17, 15) is 0 Å². The van der Waals surface area contributed by atoms with Gasteiger partial charge in [-0.2, -0.15) is 0 Å². The van der Waals surface area contributed by atoms with Crippen molar-refractivity contribution < 1.29 is 0 Å². The lowest BCUT2D eigenvalue weighted by atomic mass is 10.0. The Bertz CT molecular complexity index is 524. The highest BCUT2D eigenvalue weighted by Gasteiger charge is 2.07. The van der Waals surface area contributed by atoms with E-state index in [0.29, 0.717) is 6.54 Å². The lowest BCUT2D eigenvalue weighted by molar-refractivity contribution is 0.321. The number of rotatable bonds is 6. The molecule has 0 fully saturated rings. The van der Waals surface area contributed by atoms with Crippen LogP contribution in [0.15, 0.2) is 36.4 Å². The second-order valence-electron chi connectivity index (χ2n) is 4.69. The van der Waals surface area contributed by atoms with E-state index >= 15 is 0 Å². The van der Waals surface area contributed by atoms with Crippen LogP contribution in [-0.2, 0) is 19.5 Å². The first-order valence-corrected chi connectivity index (χ1v) is 7.58. The molecule has 1 aromatic heterocycles. The van der Waals surface area contributed by atoms with Gasteiger partial charge in [0.15, 0.2) is 0 Å². The molecule has 0 saturated heterocycles. The molecule has 2 N–H and O–H groups in total. The van der Waals surface area contributed by atoms with Crippen molar-refractivity contribution in [2.75, 3.05) is 13.6 Å². The molecule has 2 rings (SSSR count). The summed E-state index contributed by atoms with van der Waals surface area (Å²) in [5.41, 5.74) is 8.37. The molecule has 1 aromatic carbocycles. The largest absolute Gasteiger partial charge is 0.330 e. The summed E-state index contributed by atoms with van der Waals surface area (Å²) in [6.07, 6.45) is 0.939. The van der Waals surface area contributed by atoms with Crippen LogP contribution in [0, 0.1) is 0 Å². The minimum absolute atomic E-state index is 0.696. The highest BCUT2D eigenvalue weighted by molar-refractivity contribution is 7.16. The second kappa shape index (κ2) is 7.06. The predicted octanol–water partition coefficient (Wildman–Crippen LogP) is 3.53. The van der Waals surface area contributed by atoms with Gasteiger partial charge in [0.25, 0.3) is 0 Å². The molecule has 2 aromatic rings. The van der Waals surface area contributed by atoms with E-state index in [1.165, 1.54) is 16.0 Å². The van der Waals surface area contributed by atoms with Crippen molar-refractivity contribution >= 4 is 22.9 Å². The summed E-state index contributed by atoms with van der Waals surface area (Å²) in [6.45, 7) is 2.56. The van der Waals surface area contributed by atoms with Crippen LogP contribution in [0.1, 0.15) is 16.0 Å². The first-order chi connectivity index (χ1) is 9.19. The Morgan fingerprint density at radius 3 is 2.47 bits per heavy atom. The normalized spacial score (nSPS) is 11.2. The van der Waals surface area contributed by atoms with Crippen molar-refractivity contribution in [3.63, 3.8) is 0 Å². The molecular weight excluding hydrogens is 276 g/mol. The summed E-state index contributed by atoms with van der Waals surface area (Å²) >= 11 is 7.60. The van der Waals surface area contributed by atoms with E-state index in [-0.39, 0.29) is 0 Å². The number of nitrogens with zero attached hydrogens (tertiary/aromatic N) is 1. The average Bonchev–Trinajstić information content (AvgIpc) is 2.77. The first kappa shape index (κ1) is 14.5. The zero-order valence-electron chi connectivity index (χ0n) is 11.1. The molecule has 0 spiro atoms. The Balaban J connectivity index is 2.00. The lowest BCUT2D eigenvalue weighted by Crippen LogP contribution is -2.18. The van der Waals surface area contributed by atoms with Crippen molar-refractivity contribution in [3.05, 3.63) is 56.7 Å². The van der Waals surface area contributed by atoms with Crippen molar-refractivity contribution in [2.24, 2.45) is 5.73 Å². The van der Waals surface area contributed by atoms with Gasteiger partial charge < -0.3 is 5.73 Å². The average molecular weight is 295 g/mol. The van der Waals surface area contributed by atoms with Gasteiger partial charge in [0, 0.05) is 18.0 Å². The number of nitrogens with two attached hydrogens (primary N) is 1. The van der Waals surface area contributed by atoms with Crippen molar-refractivity contribution in [1.82, 2.24) is 4.90 Å². The molecule has 4 heteroatoms. The van der Waals surface area contributed by atoms with Gasteiger partial charge in [-0.25, -0.2) is 0 Å². The maximum absolute atomic E-state index is 5.96. The first-order valence-electron chi connectivity index (χ1n) is 6.38. The Morgan fingerprint density at radius 1 is 1.11 bits per heavy atom. The van der Waals surface area contributed by atoms with Crippen LogP contribution in [0.5, 0.6) is 0 Å².